The molecule has 152 valence electrons. The second-order valence-corrected chi connectivity index (χ2v) is 11.1. The molecule has 2 heterocycles. The molecule has 1 aromatic heterocycles. The summed E-state index contributed by atoms with van der Waals surface area (Å²) in [6.45, 7) is 2.95. The van der Waals surface area contributed by atoms with Gasteiger partial charge in [-0.25, -0.2) is 4.98 Å². The normalized spacial score (nSPS) is 32.9. The van der Waals surface area contributed by atoms with Crippen LogP contribution in [0.4, 0.5) is 5.13 Å². The van der Waals surface area contributed by atoms with E-state index in [4.69, 9.17) is 4.98 Å². The second-order valence-electron chi connectivity index (χ2n) is 9.99. The quantitative estimate of drug-likeness (QED) is 0.787. The van der Waals surface area contributed by atoms with Gasteiger partial charge in [0.25, 0.3) is 0 Å². The summed E-state index contributed by atoms with van der Waals surface area (Å²) < 4.78 is 0. The van der Waals surface area contributed by atoms with Crippen molar-refractivity contribution in [3.8, 4) is 0 Å². The van der Waals surface area contributed by atoms with Gasteiger partial charge in [-0.1, -0.05) is 30.3 Å². The maximum absolute atomic E-state index is 13.3. The first-order chi connectivity index (χ1) is 14.1. The summed E-state index contributed by atoms with van der Waals surface area (Å²) >= 11 is 1.70. The van der Waals surface area contributed by atoms with Crippen LogP contribution < -0.4 is 5.32 Å². The molecule has 4 bridgehead atoms. The van der Waals surface area contributed by atoms with E-state index in [1.54, 1.807) is 11.3 Å². The van der Waals surface area contributed by atoms with Crippen molar-refractivity contribution in [2.45, 2.75) is 58.0 Å². The summed E-state index contributed by atoms with van der Waals surface area (Å²) in [6, 6.07) is 10.7. The summed E-state index contributed by atoms with van der Waals surface area (Å²) in [5.74, 6) is 2.65. The zero-order valence-electron chi connectivity index (χ0n) is 16.9. The summed E-state index contributed by atoms with van der Waals surface area (Å²) in [6.07, 6.45) is 8.42. The number of nitrogens with one attached hydrogen (secondary N) is 1. The van der Waals surface area contributed by atoms with Crippen molar-refractivity contribution in [2.24, 2.45) is 23.2 Å². The number of carbonyl (C=O) groups excluding carboxylic acids is 1. The summed E-state index contributed by atoms with van der Waals surface area (Å²) in [4.78, 5) is 22.0. The van der Waals surface area contributed by atoms with E-state index < -0.39 is 0 Å². The van der Waals surface area contributed by atoms with E-state index in [0.717, 1.165) is 68.2 Å². The first-order valence-corrected chi connectivity index (χ1v) is 12.0. The molecule has 4 nitrogen and oxygen atoms in total. The average molecular weight is 408 g/mol. The molecule has 29 heavy (non-hydrogen) atoms. The van der Waals surface area contributed by atoms with E-state index in [-0.39, 0.29) is 11.3 Å². The van der Waals surface area contributed by atoms with Gasteiger partial charge < -0.3 is 5.32 Å². The molecule has 0 saturated heterocycles. The Bertz CT molecular complexity index is 886. The van der Waals surface area contributed by atoms with Crippen LogP contribution in [0.15, 0.2) is 30.3 Å². The third kappa shape index (κ3) is 3.32. The fourth-order valence-electron chi connectivity index (χ4n) is 6.90. The number of nitrogens with zero attached hydrogens (tertiary/aromatic N) is 2. The molecule has 4 fully saturated rings. The second kappa shape index (κ2) is 6.92. The van der Waals surface area contributed by atoms with Gasteiger partial charge in [0.05, 0.1) is 11.1 Å². The number of rotatable bonds is 4. The Morgan fingerprint density at radius 1 is 1.10 bits per heavy atom. The Morgan fingerprint density at radius 2 is 1.79 bits per heavy atom. The van der Waals surface area contributed by atoms with Crippen molar-refractivity contribution in [2.75, 3.05) is 11.9 Å². The average Bonchev–Trinajstić information content (AvgIpc) is 3.09. The van der Waals surface area contributed by atoms with Crippen molar-refractivity contribution >= 4 is 22.4 Å². The van der Waals surface area contributed by atoms with Crippen LogP contribution in [0, 0.1) is 23.2 Å². The number of amides is 1. The first-order valence-electron chi connectivity index (χ1n) is 11.2. The van der Waals surface area contributed by atoms with Gasteiger partial charge in [-0.05, 0) is 61.8 Å². The summed E-state index contributed by atoms with van der Waals surface area (Å²) in [7, 11) is 0. The third-order valence-corrected chi connectivity index (χ3v) is 8.80. The minimum absolute atomic E-state index is 0.0970. The molecule has 0 radical (unpaired) electrons. The number of benzene rings is 1. The number of anilines is 1. The predicted octanol–water partition coefficient (Wildman–Crippen LogP) is 4.86. The van der Waals surface area contributed by atoms with Gasteiger partial charge in [0, 0.05) is 30.9 Å². The fourth-order valence-corrected chi connectivity index (χ4v) is 7.94. The van der Waals surface area contributed by atoms with Crippen LogP contribution in [0.2, 0.25) is 0 Å². The molecular weight excluding hydrogens is 378 g/mol. The van der Waals surface area contributed by atoms with Crippen LogP contribution in [0.1, 0.15) is 54.7 Å². The van der Waals surface area contributed by atoms with Crippen LogP contribution in [0.5, 0.6) is 0 Å². The Kier molecular flexibility index (Phi) is 4.31. The van der Waals surface area contributed by atoms with Gasteiger partial charge in [0.2, 0.25) is 5.91 Å². The number of aromatic nitrogens is 1. The maximum Gasteiger partial charge on any atom is 0.232 e. The van der Waals surface area contributed by atoms with E-state index in [1.165, 1.54) is 35.4 Å². The molecule has 4 saturated carbocycles. The van der Waals surface area contributed by atoms with E-state index in [1.807, 2.05) is 0 Å². The van der Waals surface area contributed by atoms with Gasteiger partial charge >= 0.3 is 0 Å². The van der Waals surface area contributed by atoms with Gasteiger partial charge in [-0.15, -0.1) is 11.3 Å². The van der Waals surface area contributed by atoms with Crippen LogP contribution in [0.3, 0.4) is 0 Å². The highest BCUT2D eigenvalue weighted by atomic mass is 32.1. The topological polar surface area (TPSA) is 45.2 Å². The van der Waals surface area contributed by atoms with Gasteiger partial charge in [-0.3, -0.25) is 9.69 Å². The molecule has 1 aromatic carbocycles. The molecule has 0 unspecified atom stereocenters. The lowest BCUT2D eigenvalue weighted by atomic mass is 9.49. The molecule has 1 N–H and O–H groups in total. The minimum Gasteiger partial charge on any atom is -0.301 e. The third-order valence-electron chi connectivity index (χ3n) is 7.80. The molecule has 1 amide bonds. The SMILES string of the molecule is O=C(Nc1nc2c(s1)CN(Cc1ccccc1)CC2)C12CC3CC(CC(C3)C1)C2. The van der Waals surface area contributed by atoms with Crippen LogP contribution in [-0.4, -0.2) is 22.3 Å². The zero-order chi connectivity index (χ0) is 19.4. The highest BCUT2D eigenvalue weighted by molar-refractivity contribution is 7.15. The Hall–Kier alpha value is -1.72. The van der Waals surface area contributed by atoms with Crippen molar-refractivity contribution in [3.63, 3.8) is 0 Å². The fraction of sp³-hybridized carbons (Fsp3) is 0.583. The standard InChI is InChI=1S/C24H29N3OS/c28-22(24-11-17-8-18(12-24)10-19(9-17)13-24)26-23-25-20-6-7-27(15-21(20)29-23)14-16-4-2-1-3-5-16/h1-5,17-19H,6-15H2,(H,25,26,28). The Morgan fingerprint density at radius 3 is 2.48 bits per heavy atom. The molecule has 1 aliphatic heterocycles. The van der Waals surface area contributed by atoms with E-state index in [2.05, 4.69) is 40.5 Å². The molecular formula is C24H29N3OS. The van der Waals surface area contributed by atoms with Crippen LogP contribution in [-0.2, 0) is 24.3 Å². The van der Waals surface area contributed by atoms with Gasteiger partial charge in [0.15, 0.2) is 5.13 Å². The highest BCUT2D eigenvalue weighted by Gasteiger charge is 2.54. The van der Waals surface area contributed by atoms with Crippen molar-refractivity contribution in [3.05, 3.63) is 46.5 Å². The number of hydrogen-bond acceptors (Lipinski definition) is 4. The molecule has 0 atom stereocenters. The molecule has 2 aromatic rings. The molecule has 5 aliphatic rings. The van der Waals surface area contributed by atoms with E-state index in [0.29, 0.717) is 0 Å². The molecule has 7 rings (SSSR count). The Labute approximate surface area is 176 Å². The van der Waals surface area contributed by atoms with E-state index in [9.17, 15) is 4.79 Å². The van der Waals surface area contributed by atoms with E-state index >= 15 is 0 Å². The first kappa shape index (κ1) is 18.1. The highest BCUT2D eigenvalue weighted by Crippen LogP contribution is 2.60. The van der Waals surface area contributed by atoms with Crippen LogP contribution >= 0.6 is 11.3 Å². The predicted molar refractivity (Wildman–Crippen MR) is 116 cm³/mol. The number of thiazole rings is 1. The van der Waals surface area contributed by atoms with Crippen molar-refractivity contribution in [1.82, 2.24) is 9.88 Å². The molecule has 5 heteroatoms. The van der Waals surface area contributed by atoms with Crippen molar-refractivity contribution in [1.29, 1.82) is 0 Å². The summed E-state index contributed by atoms with van der Waals surface area (Å²) in [5.41, 5.74) is 2.45. The monoisotopic (exact) mass is 407 g/mol. The molecule has 4 aliphatic carbocycles. The molecule has 0 spiro atoms. The van der Waals surface area contributed by atoms with Gasteiger partial charge in [0.1, 0.15) is 0 Å². The minimum atomic E-state index is -0.0970. The lowest BCUT2D eigenvalue weighted by molar-refractivity contribution is -0.140. The largest absolute Gasteiger partial charge is 0.301 e. The Balaban J connectivity index is 1.14. The number of hydrogen-bond donors (Lipinski definition) is 1. The summed E-state index contributed by atoms with van der Waals surface area (Å²) in [5, 5.41) is 4.10. The maximum atomic E-state index is 13.3. The smallest absolute Gasteiger partial charge is 0.232 e. The lowest BCUT2D eigenvalue weighted by Gasteiger charge is -2.55. The van der Waals surface area contributed by atoms with Crippen LogP contribution in [0.25, 0.3) is 0 Å². The number of carbonyl (C=O) groups is 1. The zero-order valence-corrected chi connectivity index (χ0v) is 17.7. The number of fused-ring (bicyclic) bond motifs is 1. The lowest BCUT2D eigenvalue weighted by Crippen LogP contribution is -2.51. The van der Waals surface area contributed by atoms with Gasteiger partial charge in [-0.2, -0.15) is 0 Å². The van der Waals surface area contributed by atoms with Crippen molar-refractivity contribution < 1.29 is 4.79 Å².